The Balaban J connectivity index is 2.04. The number of carbonyl (C=O) groups is 4. The second kappa shape index (κ2) is 10.0. The molecule has 8 heteroatoms. The zero-order valence-electron chi connectivity index (χ0n) is 16.3. The third-order valence-electron chi connectivity index (χ3n) is 3.73. The van der Waals surface area contributed by atoms with Crippen LogP contribution in [0.25, 0.3) is 6.08 Å². The molecule has 1 aromatic carbocycles. The lowest BCUT2D eigenvalue weighted by atomic mass is 10.1. The Hall–Kier alpha value is -3.68. The van der Waals surface area contributed by atoms with E-state index in [1.807, 2.05) is 18.2 Å². The largest absolute Gasteiger partial charge is 0.462 e. The van der Waals surface area contributed by atoms with Gasteiger partial charge in [0.05, 0.1) is 12.2 Å². The monoisotopic (exact) mass is 399 g/mol. The summed E-state index contributed by atoms with van der Waals surface area (Å²) in [6.07, 6.45) is 2.74. The van der Waals surface area contributed by atoms with Gasteiger partial charge in [0.15, 0.2) is 12.4 Å². The maximum atomic E-state index is 12.2. The van der Waals surface area contributed by atoms with Gasteiger partial charge < -0.3 is 13.9 Å². The van der Waals surface area contributed by atoms with Gasteiger partial charge in [-0.1, -0.05) is 30.3 Å². The van der Waals surface area contributed by atoms with Gasteiger partial charge in [-0.05, 0) is 32.4 Å². The Morgan fingerprint density at radius 1 is 1.07 bits per heavy atom. The van der Waals surface area contributed by atoms with Crippen molar-refractivity contribution >= 4 is 35.6 Å². The summed E-state index contributed by atoms with van der Waals surface area (Å²) in [6.45, 7) is 3.85. The Bertz CT molecular complexity index is 941. The highest BCUT2D eigenvalue weighted by molar-refractivity contribution is 6.10. The topological polar surface area (TPSA) is 112 Å². The van der Waals surface area contributed by atoms with Crippen LogP contribution in [-0.2, 0) is 19.1 Å². The molecule has 8 nitrogen and oxygen atoms in total. The van der Waals surface area contributed by atoms with Crippen LogP contribution in [0.4, 0.5) is 5.88 Å². The van der Waals surface area contributed by atoms with Crippen molar-refractivity contribution in [3.8, 4) is 0 Å². The minimum absolute atomic E-state index is 0.0292. The van der Waals surface area contributed by atoms with Gasteiger partial charge in [0.2, 0.25) is 5.88 Å². The molecule has 0 saturated carbocycles. The first-order valence-corrected chi connectivity index (χ1v) is 8.84. The highest BCUT2D eigenvalue weighted by Gasteiger charge is 2.28. The number of hydrogen-bond acceptors (Lipinski definition) is 7. The summed E-state index contributed by atoms with van der Waals surface area (Å²) in [5, 5.41) is 2.34. The first-order valence-electron chi connectivity index (χ1n) is 8.84. The molecule has 0 bridgehead atoms. The predicted molar refractivity (Wildman–Crippen MR) is 104 cm³/mol. The summed E-state index contributed by atoms with van der Waals surface area (Å²) in [5.74, 6) is -2.72. The number of anilines is 1. The molecule has 2 aromatic rings. The van der Waals surface area contributed by atoms with Crippen molar-refractivity contribution in [2.75, 3.05) is 18.5 Å². The van der Waals surface area contributed by atoms with E-state index in [-0.39, 0.29) is 29.4 Å². The van der Waals surface area contributed by atoms with E-state index in [4.69, 9.17) is 13.9 Å². The molecule has 152 valence electrons. The summed E-state index contributed by atoms with van der Waals surface area (Å²) in [7, 11) is 0. The molecule has 0 aliphatic rings. The van der Waals surface area contributed by atoms with E-state index < -0.39 is 30.2 Å². The van der Waals surface area contributed by atoms with E-state index in [0.717, 1.165) is 5.56 Å². The van der Waals surface area contributed by atoms with Crippen LogP contribution in [-0.4, -0.2) is 36.8 Å². The highest BCUT2D eigenvalue weighted by Crippen LogP contribution is 2.28. The molecule has 0 aliphatic carbocycles. The second-order valence-electron chi connectivity index (χ2n) is 5.91. The smallest absolute Gasteiger partial charge is 0.344 e. The van der Waals surface area contributed by atoms with E-state index in [1.165, 1.54) is 19.9 Å². The Morgan fingerprint density at radius 2 is 1.76 bits per heavy atom. The standard InChI is InChI=1S/C21H21NO7/c1-4-27-21(26)19-18(13(2)23)14(3)29-20(19)22-16(24)12-28-17(25)11-10-15-8-6-5-7-9-15/h5-11H,4,12H2,1-3H3,(H,22,24)/b11-10+. The normalized spacial score (nSPS) is 10.6. The number of ether oxygens (including phenoxy) is 2. The van der Waals surface area contributed by atoms with Crippen LogP contribution < -0.4 is 5.32 Å². The number of hydrogen-bond donors (Lipinski definition) is 1. The summed E-state index contributed by atoms with van der Waals surface area (Å²) >= 11 is 0. The van der Waals surface area contributed by atoms with Gasteiger partial charge in [0.25, 0.3) is 5.91 Å². The van der Waals surface area contributed by atoms with E-state index in [0.29, 0.717) is 0 Å². The Labute approximate surface area is 167 Å². The second-order valence-corrected chi connectivity index (χ2v) is 5.91. The molecule has 0 radical (unpaired) electrons. The number of carbonyl (C=O) groups excluding carboxylic acids is 4. The van der Waals surface area contributed by atoms with Crippen molar-refractivity contribution in [3.63, 3.8) is 0 Å². The predicted octanol–water partition coefficient (Wildman–Crippen LogP) is 3.16. The minimum atomic E-state index is -0.798. The molecule has 0 atom stereocenters. The molecule has 0 spiro atoms. The van der Waals surface area contributed by atoms with Crippen molar-refractivity contribution in [1.29, 1.82) is 0 Å². The Morgan fingerprint density at radius 3 is 2.38 bits per heavy atom. The van der Waals surface area contributed by atoms with Gasteiger partial charge in [-0.15, -0.1) is 0 Å². The average molecular weight is 399 g/mol. The first kappa shape index (κ1) is 21.6. The molecule has 1 amide bonds. The fourth-order valence-electron chi connectivity index (χ4n) is 2.53. The zero-order chi connectivity index (χ0) is 21.4. The molecule has 0 unspecified atom stereocenters. The van der Waals surface area contributed by atoms with Crippen LogP contribution in [0.15, 0.2) is 40.8 Å². The van der Waals surface area contributed by atoms with Gasteiger partial charge in [0.1, 0.15) is 11.3 Å². The number of Topliss-reactive ketones (excluding diaryl/α,β-unsaturated/α-hetero) is 1. The number of benzene rings is 1. The number of ketones is 1. The van der Waals surface area contributed by atoms with Crippen molar-refractivity contribution in [2.24, 2.45) is 0 Å². The summed E-state index contributed by atoms with van der Waals surface area (Å²) in [6, 6.07) is 9.09. The molecule has 1 heterocycles. The van der Waals surface area contributed by atoms with Crippen LogP contribution in [0.3, 0.4) is 0 Å². The molecule has 1 N–H and O–H groups in total. The SMILES string of the molecule is CCOC(=O)c1c(NC(=O)COC(=O)/C=C/c2ccccc2)oc(C)c1C(C)=O. The van der Waals surface area contributed by atoms with E-state index in [9.17, 15) is 19.2 Å². The third kappa shape index (κ3) is 5.90. The van der Waals surface area contributed by atoms with Gasteiger partial charge >= 0.3 is 11.9 Å². The highest BCUT2D eigenvalue weighted by atomic mass is 16.5. The van der Waals surface area contributed by atoms with Crippen molar-refractivity contribution in [2.45, 2.75) is 20.8 Å². The number of nitrogens with one attached hydrogen (secondary N) is 1. The van der Waals surface area contributed by atoms with Gasteiger partial charge in [-0.2, -0.15) is 0 Å². The summed E-state index contributed by atoms with van der Waals surface area (Å²) in [5.41, 5.74) is 0.665. The maximum Gasteiger partial charge on any atom is 0.344 e. The molecule has 1 aromatic heterocycles. The lowest BCUT2D eigenvalue weighted by molar-refractivity contribution is -0.142. The minimum Gasteiger partial charge on any atom is -0.462 e. The zero-order valence-corrected chi connectivity index (χ0v) is 16.3. The van der Waals surface area contributed by atoms with Crippen molar-refractivity contribution < 1.29 is 33.1 Å². The third-order valence-corrected chi connectivity index (χ3v) is 3.73. The molecular weight excluding hydrogens is 378 g/mol. The summed E-state index contributed by atoms with van der Waals surface area (Å²) in [4.78, 5) is 47.9. The molecule has 2 rings (SSSR count). The molecule has 29 heavy (non-hydrogen) atoms. The van der Waals surface area contributed by atoms with Crippen LogP contribution >= 0.6 is 0 Å². The van der Waals surface area contributed by atoms with Crippen molar-refractivity contribution in [3.05, 3.63) is 58.9 Å². The lowest BCUT2D eigenvalue weighted by Crippen LogP contribution is -2.21. The Kier molecular flexibility index (Phi) is 7.47. The quantitative estimate of drug-likeness (QED) is 0.412. The first-order chi connectivity index (χ1) is 13.8. The fourth-order valence-corrected chi connectivity index (χ4v) is 2.53. The maximum absolute atomic E-state index is 12.2. The van der Waals surface area contributed by atoms with Crippen LogP contribution in [0, 0.1) is 6.92 Å². The van der Waals surface area contributed by atoms with Crippen LogP contribution in [0.5, 0.6) is 0 Å². The molecule has 0 aliphatic heterocycles. The number of aryl methyl sites for hydroxylation is 1. The van der Waals surface area contributed by atoms with Crippen LogP contribution in [0.1, 0.15) is 45.9 Å². The number of amides is 1. The van der Waals surface area contributed by atoms with Gasteiger partial charge in [-0.25, -0.2) is 9.59 Å². The molecule has 0 fully saturated rings. The number of furan rings is 1. The lowest BCUT2D eigenvalue weighted by Gasteiger charge is -2.06. The number of rotatable bonds is 8. The van der Waals surface area contributed by atoms with Crippen LogP contribution in [0.2, 0.25) is 0 Å². The van der Waals surface area contributed by atoms with Gasteiger partial charge in [-0.3, -0.25) is 14.9 Å². The van der Waals surface area contributed by atoms with Gasteiger partial charge in [0, 0.05) is 6.08 Å². The summed E-state index contributed by atoms with van der Waals surface area (Å²) < 4.78 is 15.1. The van der Waals surface area contributed by atoms with E-state index in [2.05, 4.69) is 5.32 Å². The average Bonchev–Trinajstić information content (AvgIpc) is 3.01. The van der Waals surface area contributed by atoms with E-state index in [1.54, 1.807) is 25.1 Å². The number of esters is 2. The molecular formula is C21H21NO7. The fraction of sp³-hybridized carbons (Fsp3) is 0.238. The van der Waals surface area contributed by atoms with Crippen molar-refractivity contribution in [1.82, 2.24) is 0 Å². The molecule has 0 saturated heterocycles. The van der Waals surface area contributed by atoms with E-state index >= 15 is 0 Å².